The first-order chi connectivity index (χ1) is 22.1. The third kappa shape index (κ3) is 4.48. The van der Waals surface area contributed by atoms with E-state index in [1.165, 1.54) is 54.3 Å². The van der Waals surface area contributed by atoms with Crippen LogP contribution in [0.5, 0.6) is 0 Å². The SMILES string of the molecule is C/C=C1\C(=C/CC)CC2(C[C@]3(c4ccccc4)C=C(c4ccccc4)N=CC3)C=c3c(c4ccccc4c4ccccc34)=C[C@H]12. The lowest BCUT2D eigenvalue weighted by molar-refractivity contribution is 0.285. The van der Waals surface area contributed by atoms with E-state index in [2.05, 4.69) is 160 Å². The minimum Gasteiger partial charge on any atom is -0.261 e. The van der Waals surface area contributed by atoms with Crippen LogP contribution in [0.3, 0.4) is 0 Å². The van der Waals surface area contributed by atoms with Gasteiger partial charge in [0.05, 0.1) is 5.70 Å². The highest BCUT2D eigenvalue weighted by atomic mass is 14.8. The molecule has 0 aromatic heterocycles. The van der Waals surface area contributed by atoms with Crippen molar-refractivity contribution in [2.45, 2.75) is 44.9 Å². The van der Waals surface area contributed by atoms with Crippen molar-refractivity contribution in [3.63, 3.8) is 0 Å². The van der Waals surface area contributed by atoms with E-state index < -0.39 is 0 Å². The topological polar surface area (TPSA) is 12.4 Å². The Balaban J connectivity index is 1.43. The van der Waals surface area contributed by atoms with Crippen LogP contribution in [0.1, 0.15) is 50.7 Å². The molecule has 0 spiro atoms. The molecular weight excluding hydrogens is 542 g/mol. The molecule has 1 nitrogen and oxygen atoms in total. The summed E-state index contributed by atoms with van der Waals surface area (Å²) >= 11 is 0. The molecule has 1 aliphatic heterocycles. The molecule has 3 atom stereocenters. The van der Waals surface area contributed by atoms with Crippen molar-refractivity contribution < 1.29 is 0 Å². The first-order valence-electron chi connectivity index (χ1n) is 16.5. The molecule has 5 aromatic rings. The molecule has 5 aromatic carbocycles. The molecule has 0 N–H and O–H groups in total. The smallest absolute Gasteiger partial charge is 0.0667 e. The number of hydrogen-bond acceptors (Lipinski definition) is 1. The van der Waals surface area contributed by atoms with Gasteiger partial charge in [-0.15, -0.1) is 0 Å². The summed E-state index contributed by atoms with van der Waals surface area (Å²) < 4.78 is 0. The highest BCUT2D eigenvalue weighted by Crippen LogP contribution is 2.59. The van der Waals surface area contributed by atoms with Crippen molar-refractivity contribution >= 4 is 45.6 Å². The fourth-order valence-corrected chi connectivity index (χ4v) is 8.70. The van der Waals surface area contributed by atoms with Gasteiger partial charge in [-0.1, -0.05) is 140 Å². The van der Waals surface area contributed by atoms with Crippen molar-refractivity contribution in [2.24, 2.45) is 16.3 Å². The predicted molar refractivity (Wildman–Crippen MR) is 193 cm³/mol. The normalized spacial score (nSPS) is 25.6. The van der Waals surface area contributed by atoms with Crippen molar-refractivity contribution in [1.29, 1.82) is 0 Å². The predicted octanol–water partition coefficient (Wildman–Crippen LogP) is 9.70. The van der Waals surface area contributed by atoms with Gasteiger partial charge in [0.2, 0.25) is 0 Å². The van der Waals surface area contributed by atoms with Crippen LogP contribution in [-0.4, -0.2) is 6.21 Å². The quantitative estimate of drug-likeness (QED) is 0.183. The summed E-state index contributed by atoms with van der Waals surface area (Å²) in [7, 11) is 0. The van der Waals surface area contributed by atoms with Gasteiger partial charge in [0.1, 0.15) is 0 Å². The van der Waals surface area contributed by atoms with Gasteiger partial charge in [-0.25, -0.2) is 0 Å². The molecule has 1 heterocycles. The van der Waals surface area contributed by atoms with Crippen LogP contribution in [0, 0.1) is 11.3 Å². The summed E-state index contributed by atoms with van der Waals surface area (Å²) in [4.78, 5) is 4.98. The van der Waals surface area contributed by atoms with Crippen LogP contribution < -0.4 is 10.4 Å². The molecule has 0 bridgehead atoms. The lowest BCUT2D eigenvalue weighted by atomic mass is 9.60. The van der Waals surface area contributed by atoms with Gasteiger partial charge in [0, 0.05) is 23.0 Å². The van der Waals surface area contributed by atoms with E-state index in [0.29, 0.717) is 5.92 Å². The Morgan fingerprint density at radius 3 is 2.02 bits per heavy atom. The van der Waals surface area contributed by atoms with Gasteiger partial charge < -0.3 is 0 Å². The molecule has 1 unspecified atom stereocenters. The molecule has 1 saturated carbocycles. The fourth-order valence-electron chi connectivity index (χ4n) is 8.70. The van der Waals surface area contributed by atoms with E-state index in [4.69, 9.17) is 4.99 Å². The average molecular weight is 582 g/mol. The Kier molecular flexibility index (Phi) is 6.79. The molecule has 0 amide bonds. The molecule has 220 valence electrons. The van der Waals surface area contributed by atoms with Gasteiger partial charge in [0.25, 0.3) is 0 Å². The van der Waals surface area contributed by atoms with Crippen LogP contribution >= 0.6 is 0 Å². The van der Waals surface area contributed by atoms with Gasteiger partial charge in [-0.05, 0) is 92.9 Å². The minimum atomic E-state index is -0.193. The number of allylic oxidation sites excluding steroid dienone is 5. The highest BCUT2D eigenvalue weighted by Gasteiger charge is 2.51. The summed E-state index contributed by atoms with van der Waals surface area (Å²) in [5, 5.41) is 8.18. The van der Waals surface area contributed by atoms with Crippen molar-refractivity contribution in [3.05, 3.63) is 160 Å². The first-order valence-corrected chi connectivity index (χ1v) is 16.5. The zero-order valence-electron chi connectivity index (χ0n) is 26.2. The summed E-state index contributed by atoms with van der Waals surface area (Å²) in [5.74, 6) is 0.297. The maximum Gasteiger partial charge on any atom is 0.0667 e. The van der Waals surface area contributed by atoms with Crippen molar-refractivity contribution in [2.75, 3.05) is 0 Å². The largest absolute Gasteiger partial charge is 0.261 e. The monoisotopic (exact) mass is 581 g/mol. The fraction of sp³-hybridized carbons (Fsp3) is 0.205. The standard InChI is InChI=1S/C44H39N/c1-3-15-32-27-44(30-43(33-18-9-6-10-19-33)24-25-45-42(29-43)31-16-7-5-8-17-31)28-40-38-23-14-12-21-36(38)35-20-11-13-22-37(35)39(40)26-41(44)34(32)4-2/h4-23,25-26,28-29,41H,3,24,27,30H2,1-2H3/b32-15-,34-4+/t41-,43-,44?/m1/s1. The lowest BCUT2D eigenvalue weighted by Gasteiger charge is -2.43. The first kappa shape index (κ1) is 27.8. The highest BCUT2D eigenvalue weighted by molar-refractivity contribution is 6.08. The summed E-state index contributed by atoms with van der Waals surface area (Å²) in [6, 6.07) is 39.9. The molecule has 8 rings (SSSR count). The van der Waals surface area contributed by atoms with Crippen LogP contribution in [0.15, 0.2) is 144 Å². The second-order valence-electron chi connectivity index (χ2n) is 13.1. The van der Waals surface area contributed by atoms with E-state index in [0.717, 1.165) is 31.4 Å². The maximum atomic E-state index is 4.98. The molecule has 0 saturated heterocycles. The third-order valence-corrected chi connectivity index (χ3v) is 10.5. The lowest BCUT2D eigenvalue weighted by Crippen LogP contribution is -2.43. The van der Waals surface area contributed by atoms with Crippen LogP contribution in [0.25, 0.3) is 39.4 Å². The molecule has 2 aliphatic carbocycles. The number of aliphatic imine (C=N–C) groups is 1. The Hall–Kier alpha value is -4.75. The summed E-state index contributed by atoms with van der Waals surface area (Å²) in [6.07, 6.45) is 18.9. The van der Waals surface area contributed by atoms with Gasteiger partial charge in [-0.2, -0.15) is 0 Å². The van der Waals surface area contributed by atoms with Gasteiger partial charge in [-0.3, -0.25) is 4.99 Å². The molecule has 0 radical (unpaired) electrons. The number of nitrogens with zero attached hydrogens (tertiary/aromatic N) is 1. The van der Waals surface area contributed by atoms with Gasteiger partial charge >= 0.3 is 0 Å². The number of fused-ring (bicyclic) bond motifs is 7. The summed E-state index contributed by atoms with van der Waals surface area (Å²) in [5.41, 5.74) is 6.35. The number of benzene rings is 5. The number of hydrogen-bond donors (Lipinski definition) is 0. The molecule has 45 heavy (non-hydrogen) atoms. The molecule has 1 fully saturated rings. The van der Waals surface area contributed by atoms with Crippen LogP contribution in [-0.2, 0) is 5.41 Å². The van der Waals surface area contributed by atoms with E-state index in [1.807, 2.05) is 0 Å². The third-order valence-electron chi connectivity index (χ3n) is 10.5. The Morgan fingerprint density at radius 2 is 1.36 bits per heavy atom. The average Bonchev–Trinajstić information content (AvgIpc) is 3.40. The summed E-state index contributed by atoms with van der Waals surface area (Å²) in [6.45, 7) is 4.51. The van der Waals surface area contributed by atoms with Crippen LogP contribution in [0.2, 0.25) is 0 Å². The Morgan fingerprint density at radius 1 is 0.733 bits per heavy atom. The molecular formula is C44H39N. The minimum absolute atomic E-state index is 0.0829. The van der Waals surface area contributed by atoms with E-state index in [9.17, 15) is 0 Å². The second kappa shape index (κ2) is 11.0. The Labute approximate surface area is 266 Å². The van der Waals surface area contributed by atoms with Crippen molar-refractivity contribution in [3.8, 4) is 0 Å². The van der Waals surface area contributed by atoms with E-state index in [1.54, 1.807) is 0 Å². The maximum absolute atomic E-state index is 4.98. The zero-order chi connectivity index (χ0) is 30.4. The van der Waals surface area contributed by atoms with Crippen LogP contribution in [0.4, 0.5) is 0 Å². The molecule has 1 heteroatoms. The number of rotatable bonds is 5. The van der Waals surface area contributed by atoms with E-state index >= 15 is 0 Å². The molecule has 3 aliphatic rings. The zero-order valence-corrected chi connectivity index (χ0v) is 26.2. The second-order valence-corrected chi connectivity index (χ2v) is 13.1. The van der Waals surface area contributed by atoms with Crippen molar-refractivity contribution in [1.82, 2.24) is 0 Å². The van der Waals surface area contributed by atoms with Gasteiger partial charge in [0.15, 0.2) is 0 Å². The van der Waals surface area contributed by atoms with E-state index in [-0.39, 0.29) is 10.8 Å². The Bertz CT molecular complexity index is 2180.